The van der Waals surface area contributed by atoms with Crippen LogP contribution in [-0.2, 0) is 9.84 Å². The fourth-order valence-corrected chi connectivity index (χ4v) is 3.15. The van der Waals surface area contributed by atoms with Crippen LogP contribution in [0.25, 0.3) is 0 Å². The first-order valence-corrected chi connectivity index (χ1v) is 8.64. The summed E-state index contributed by atoms with van der Waals surface area (Å²) >= 11 is 2.94. The van der Waals surface area contributed by atoms with Gasteiger partial charge in [-0.3, -0.25) is 15.5 Å². The number of aryl methyl sites for hydroxylation is 1. The van der Waals surface area contributed by atoms with Gasteiger partial charge in [-0.25, -0.2) is 8.42 Å². The Kier molecular flexibility index (Phi) is 5.12. The van der Waals surface area contributed by atoms with Crippen molar-refractivity contribution in [2.75, 3.05) is 5.43 Å². The third kappa shape index (κ3) is 4.14. The molecule has 0 unspecified atom stereocenters. The Morgan fingerprint density at radius 1 is 1.13 bits per heavy atom. The molecule has 1 N–H and O–H groups in total. The molecule has 2 aromatic rings. The predicted octanol–water partition coefficient (Wildman–Crippen LogP) is 3.45. The molecule has 0 aromatic heterocycles. The van der Waals surface area contributed by atoms with Gasteiger partial charge in [0.1, 0.15) is 0 Å². The lowest BCUT2D eigenvalue weighted by Crippen LogP contribution is -2.10. The van der Waals surface area contributed by atoms with Crippen LogP contribution in [0.2, 0.25) is 0 Å². The lowest BCUT2D eigenvalue weighted by Gasteiger charge is -2.04. The van der Waals surface area contributed by atoms with E-state index in [1.165, 1.54) is 36.4 Å². The summed E-state index contributed by atoms with van der Waals surface area (Å²) in [5, 5.41) is 14.3. The van der Waals surface area contributed by atoms with Gasteiger partial charge < -0.3 is 0 Å². The third-order valence-electron chi connectivity index (χ3n) is 2.90. The van der Waals surface area contributed by atoms with Crippen molar-refractivity contribution in [3.8, 4) is 0 Å². The van der Waals surface area contributed by atoms with Crippen molar-refractivity contribution in [3.63, 3.8) is 0 Å². The van der Waals surface area contributed by atoms with Gasteiger partial charge in [-0.1, -0.05) is 17.7 Å². The van der Waals surface area contributed by atoms with Gasteiger partial charge in [0.25, 0.3) is 5.69 Å². The van der Waals surface area contributed by atoms with E-state index in [0.717, 1.165) is 5.56 Å². The Morgan fingerprint density at radius 3 is 2.22 bits per heavy atom. The highest BCUT2D eigenvalue weighted by Crippen LogP contribution is 2.19. The van der Waals surface area contributed by atoms with Crippen LogP contribution >= 0.6 is 15.9 Å². The summed E-state index contributed by atoms with van der Waals surface area (Å²) in [5.74, 6) is 0. The molecule has 0 amide bonds. The second-order valence-electron chi connectivity index (χ2n) is 4.60. The topological polar surface area (TPSA) is 102 Å². The average molecular weight is 398 g/mol. The van der Waals surface area contributed by atoms with E-state index in [1.54, 1.807) is 12.1 Å². The highest BCUT2D eigenvalue weighted by molar-refractivity contribution is 9.21. The molecule has 0 fully saturated rings. The van der Waals surface area contributed by atoms with Gasteiger partial charge in [0.15, 0.2) is 0 Å². The van der Waals surface area contributed by atoms with E-state index in [2.05, 4.69) is 26.5 Å². The van der Waals surface area contributed by atoms with Gasteiger partial charge in [-0.05, 0) is 47.1 Å². The second-order valence-corrected chi connectivity index (χ2v) is 7.74. The molecule has 120 valence electrons. The van der Waals surface area contributed by atoms with Crippen molar-refractivity contribution < 1.29 is 13.3 Å². The first-order chi connectivity index (χ1) is 10.8. The van der Waals surface area contributed by atoms with Gasteiger partial charge in [-0.15, -0.1) is 0 Å². The van der Waals surface area contributed by atoms with Crippen LogP contribution in [0, 0.1) is 17.0 Å². The standard InChI is InChI=1S/C14H12BrN3O4S/c1-10-2-8-13(9-3-10)23(21,22)14(15)17-16-11-4-6-12(7-5-11)18(19)20/h2-9,16H,1H3/b17-14-. The number of hydrazone groups is 1. The molecule has 0 bridgehead atoms. The fraction of sp³-hybridized carbons (Fsp3) is 0.0714. The zero-order valence-electron chi connectivity index (χ0n) is 11.9. The molecule has 0 atom stereocenters. The average Bonchev–Trinajstić information content (AvgIpc) is 2.53. The van der Waals surface area contributed by atoms with Crippen LogP contribution in [0.15, 0.2) is 58.5 Å². The highest BCUT2D eigenvalue weighted by atomic mass is 79.9. The quantitative estimate of drug-likeness (QED) is 0.368. The van der Waals surface area contributed by atoms with E-state index in [4.69, 9.17) is 0 Å². The molecule has 9 heteroatoms. The number of nitro benzene ring substituents is 1. The Labute approximate surface area is 141 Å². The SMILES string of the molecule is Cc1ccc(S(=O)(=O)/C(Br)=N\Nc2ccc([N+](=O)[O-])cc2)cc1. The highest BCUT2D eigenvalue weighted by Gasteiger charge is 2.20. The monoisotopic (exact) mass is 397 g/mol. The Hall–Kier alpha value is -2.26. The molecule has 0 saturated heterocycles. The number of benzene rings is 2. The first-order valence-electron chi connectivity index (χ1n) is 6.36. The van der Waals surface area contributed by atoms with Gasteiger partial charge >= 0.3 is 0 Å². The maximum absolute atomic E-state index is 12.3. The minimum absolute atomic E-state index is 0.0640. The van der Waals surface area contributed by atoms with Crippen LogP contribution in [0.3, 0.4) is 0 Å². The molecule has 0 saturated carbocycles. The molecule has 7 nitrogen and oxygen atoms in total. The molecular weight excluding hydrogens is 386 g/mol. The van der Waals surface area contributed by atoms with Crippen LogP contribution in [0.1, 0.15) is 5.56 Å². The van der Waals surface area contributed by atoms with Gasteiger partial charge in [-0.2, -0.15) is 5.10 Å². The fourth-order valence-electron chi connectivity index (χ4n) is 1.64. The molecule has 0 aliphatic heterocycles. The number of nitro groups is 1. The normalized spacial score (nSPS) is 12.0. The van der Waals surface area contributed by atoms with Crippen molar-refractivity contribution in [3.05, 3.63) is 64.2 Å². The van der Waals surface area contributed by atoms with Crippen LogP contribution in [0.5, 0.6) is 0 Å². The van der Waals surface area contributed by atoms with Crippen molar-refractivity contribution in [2.24, 2.45) is 5.10 Å². The van der Waals surface area contributed by atoms with Crippen LogP contribution < -0.4 is 5.43 Å². The zero-order chi connectivity index (χ0) is 17.0. The lowest BCUT2D eigenvalue weighted by molar-refractivity contribution is -0.384. The van der Waals surface area contributed by atoms with Crippen LogP contribution in [-0.4, -0.2) is 17.3 Å². The molecule has 0 aliphatic carbocycles. The number of nitrogens with one attached hydrogen (secondary N) is 1. The summed E-state index contributed by atoms with van der Waals surface area (Å²) in [5.41, 5.74) is 3.84. The largest absolute Gasteiger partial charge is 0.277 e. The number of hydrogen-bond donors (Lipinski definition) is 1. The van der Waals surface area contributed by atoms with Crippen molar-refractivity contribution in [1.82, 2.24) is 0 Å². The second kappa shape index (κ2) is 6.88. The summed E-state index contributed by atoms with van der Waals surface area (Å²) in [6, 6.07) is 11.8. The Balaban J connectivity index is 2.18. The minimum atomic E-state index is -3.75. The predicted molar refractivity (Wildman–Crippen MR) is 91.4 cm³/mol. The number of rotatable bonds is 4. The summed E-state index contributed by atoms with van der Waals surface area (Å²) in [7, 11) is -3.75. The van der Waals surface area contributed by atoms with E-state index >= 15 is 0 Å². The van der Waals surface area contributed by atoms with Gasteiger partial charge in [0.2, 0.25) is 13.8 Å². The van der Waals surface area contributed by atoms with Crippen molar-refractivity contribution in [2.45, 2.75) is 11.8 Å². The van der Waals surface area contributed by atoms with E-state index in [-0.39, 0.29) is 14.5 Å². The van der Waals surface area contributed by atoms with Crippen molar-refractivity contribution in [1.29, 1.82) is 0 Å². The van der Waals surface area contributed by atoms with E-state index in [1.807, 2.05) is 6.92 Å². The number of nitrogens with zero attached hydrogens (tertiary/aromatic N) is 2. The smallest absolute Gasteiger partial charge is 0.269 e. The maximum Gasteiger partial charge on any atom is 0.269 e. The number of halogens is 1. The third-order valence-corrected chi connectivity index (χ3v) is 5.79. The molecule has 0 spiro atoms. The molecule has 2 rings (SSSR count). The molecule has 0 aliphatic rings. The molecular formula is C14H12BrN3O4S. The summed E-state index contributed by atoms with van der Waals surface area (Å²) in [4.78, 5) is 10.2. The Bertz CT molecular complexity index is 847. The number of non-ortho nitro benzene ring substituents is 1. The summed E-state index contributed by atoms with van der Waals surface area (Å²) in [6.45, 7) is 1.86. The molecule has 23 heavy (non-hydrogen) atoms. The van der Waals surface area contributed by atoms with Crippen LogP contribution in [0.4, 0.5) is 11.4 Å². The number of sulfone groups is 1. The summed E-state index contributed by atoms with van der Waals surface area (Å²) < 4.78 is 24.3. The first kappa shape index (κ1) is 17.1. The minimum Gasteiger partial charge on any atom is -0.277 e. The Morgan fingerprint density at radius 2 is 1.70 bits per heavy atom. The number of hydrogen-bond acceptors (Lipinski definition) is 6. The van der Waals surface area contributed by atoms with Crippen molar-refractivity contribution >= 4 is 41.1 Å². The lowest BCUT2D eigenvalue weighted by atomic mass is 10.2. The molecule has 0 radical (unpaired) electrons. The number of anilines is 1. The maximum atomic E-state index is 12.3. The van der Waals surface area contributed by atoms with E-state index in [0.29, 0.717) is 5.69 Å². The zero-order valence-corrected chi connectivity index (χ0v) is 14.3. The van der Waals surface area contributed by atoms with Gasteiger partial charge in [0, 0.05) is 12.1 Å². The van der Waals surface area contributed by atoms with E-state index < -0.39 is 14.8 Å². The molecule has 2 aromatic carbocycles. The van der Waals surface area contributed by atoms with E-state index in [9.17, 15) is 18.5 Å². The molecule has 0 heterocycles. The van der Waals surface area contributed by atoms with Gasteiger partial charge in [0.05, 0.1) is 15.5 Å². The summed E-state index contributed by atoms with van der Waals surface area (Å²) in [6.07, 6.45) is 0.